The molecule has 1 aliphatic carbocycles. The molecule has 5 nitrogen and oxygen atoms in total. The minimum absolute atomic E-state index is 0.104. The van der Waals surface area contributed by atoms with Crippen LogP contribution < -0.4 is 4.74 Å². The van der Waals surface area contributed by atoms with Crippen molar-refractivity contribution in [2.24, 2.45) is 17.8 Å². The predicted molar refractivity (Wildman–Crippen MR) is 119 cm³/mol. The van der Waals surface area contributed by atoms with E-state index in [9.17, 15) is 9.90 Å². The molecule has 0 radical (unpaired) electrons. The molecule has 6 heteroatoms. The Kier molecular flexibility index (Phi) is 7.06. The van der Waals surface area contributed by atoms with Gasteiger partial charge in [0.15, 0.2) is 0 Å². The molecule has 1 saturated carbocycles. The minimum Gasteiger partial charge on any atom is -0.497 e. The molecule has 1 aromatic carbocycles. The topological polar surface area (TPSA) is 62.7 Å². The second-order valence-electron chi connectivity index (χ2n) is 9.29. The van der Waals surface area contributed by atoms with Gasteiger partial charge in [-0.05, 0) is 86.2 Å². The third kappa shape index (κ3) is 5.35. The third-order valence-corrected chi connectivity index (χ3v) is 7.26. The van der Waals surface area contributed by atoms with Crippen molar-refractivity contribution in [2.75, 3.05) is 26.7 Å². The number of piperidine rings is 1. The lowest BCUT2D eigenvalue weighted by atomic mass is 9.78. The summed E-state index contributed by atoms with van der Waals surface area (Å²) in [5, 5.41) is 10.2. The number of rotatable bonds is 9. The first-order chi connectivity index (χ1) is 15.0. The number of benzene rings is 1. The van der Waals surface area contributed by atoms with Gasteiger partial charge < -0.3 is 14.7 Å². The molecule has 31 heavy (non-hydrogen) atoms. The number of likely N-dealkylation sites (tertiary alicyclic amines) is 1. The number of carboxylic acids is 1. The number of carbonyl (C=O) groups is 1. The van der Waals surface area contributed by atoms with Crippen LogP contribution in [0.25, 0.3) is 10.9 Å². The molecule has 2 aliphatic rings. The van der Waals surface area contributed by atoms with E-state index in [4.69, 9.17) is 4.74 Å². The number of aromatic nitrogens is 1. The average molecular weight is 429 g/mol. The van der Waals surface area contributed by atoms with E-state index in [-0.39, 0.29) is 18.3 Å². The summed E-state index contributed by atoms with van der Waals surface area (Å²) in [5.74, 6) is 1.09. The standard InChI is InChI=1S/C25H33FN2O3/c1-31-20-6-8-24-22(14-20)21(9-11-27-24)23(26)7-5-18-10-12-28(15-17-3-2-4-17)16-19(18)13-25(29)30/h6,8-9,11,14,17-19,23H,2-5,7,10,12-13,15-16H2,1H3,(H,29,30)/t18-,19+,23+/m1/s1. The molecule has 3 atom stereocenters. The van der Waals surface area contributed by atoms with Gasteiger partial charge in [0.2, 0.25) is 0 Å². The fraction of sp³-hybridized carbons (Fsp3) is 0.600. The number of methoxy groups -OCH3 is 1. The van der Waals surface area contributed by atoms with Crippen LogP contribution in [0.1, 0.15) is 56.7 Å². The number of alkyl halides is 1. The van der Waals surface area contributed by atoms with Gasteiger partial charge in [0.05, 0.1) is 12.6 Å². The number of halogens is 1. The van der Waals surface area contributed by atoms with Crippen molar-refractivity contribution in [3.05, 3.63) is 36.0 Å². The van der Waals surface area contributed by atoms with Crippen LogP contribution in [0.5, 0.6) is 5.75 Å². The van der Waals surface area contributed by atoms with E-state index in [1.807, 2.05) is 18.2 Å². The molecule has 168 valence electrons. The number of fused-ring (bicyclic) bond motifs is 1. The van der Waals surface area contributed by atoms with Gasteiger partial charge in [-0.25, -0.2) is 4.39 Å². The first-order valence-electron chi connectivity index (χ1n) is 11.5. The Morgan fingerprint density at radius 3 is 2.84 bits per heavy atom. The zero-order valence-corrected chi connectivity index (χ0v) is 18.3. The summed E-state index contributed by atoms with van der Waals surface area (Å²) in [6.45, 7) is 2.93. The van der Waals surface area contributed by atoms with E-state index in [2.05, 4.69) is 9.88 Å². The van der Waals surface area contributed by atoms with Crippen LogP contribution in [0.15, 0.2) is 30.5 Å². The summed E-state index contributed by atoms with van der Waals surface area (Å²) in [4.78, 5) is 18.3. The highest BCUT2D eigenvalue weighted by atomic mass is 19.1. The van der Waals surface area contributed by atoms with Gasteiger partial charge in [0, 0.05) is 31.1 Å². The van der Waals surface area contributed by atoms with Gasteiger partial charge in [0.1, 0.15) is 11.9 Å². The second-order valence-corrected chi connectivity index (χ2v) is 9.29. The van der Waals surface area contributed by atoms with Gasteiger partial charge in [0.25, 0.3) is 0 Å². The number of hydrogen-bond donors (Lipinski definition) is 1. The molecule has 1 N–H and O–H groups in total. The Morgan fingerprint density at radius 1 is 1.29 bits per heavy atom. The summed E-state index contributed by atoms with van der Waals surface area (Å²) < 4.78 is 20.7. The monoisotopic (exact) mass is 428 g/mol. The van der Waals surface area contributed by atoms with Gasteiger partial charge in [-0.2, -0.15) is 0 Å². The highest BCUT2D eigenvalue weighted by Gasteiger charge is 2.33. The molecule has 4 rings (SSSR count). The Balaban J connectivity index is 1.41. The predicted octanol–water partition coefficient (Wildman–Crippen LogP) is 5.25. The molecule has 0 bridgehead atoms. The lowest BCUT2D eigenvalue weighted by molar-refractivity contribution is -0.139. The van der Waals surface area contributed by atoms with Crippen LogP contribution in [-0.2, 0) is 4.79 Å². The molecule has 1 aliphatic heterocycles. The van der Waals surface area contributed by atoms with Gasteiger partial charge in [-0.1, -0.05) is 6.42 Å². The Bertz CT molecular complexity index is 901. The molecule has 1 saturated heterocycles. The minimum atomic E-state index is -1.10. The Labute approximate surface area is 183 Å². The van der Waals surface area contributed by atoms with Crippen LogP contribution in [-0.4, -0.2) is 47.7 Å². The van der Waals surface area contributed by atoms with Crippen molar-refractivity contribution in [3.63, 3.8) is 0 Å². The lowest BCUT2D eigenvalue weighted by Gasteiger charge is -2.41. The van der Waals surface area contributed by atoms with E-state index in [0.29, 0.717) is 24.2 Å². The number of aliphatic carboxylic acids is 1. The van der Waals surface area contributed by atoms with E-state index in [1.54, 1.807) is 19.4 Å². The number of ether oxygens (including phenoxy) is 1. The van der Waals surface area contributed by atoms with Crippen LogP contribution in [0.3, 0.4) is 0 Å². The van der Waals surface area contributed by atoms with Crippen molar-refractivity contribution >= 4 is 16.9 Å². The molecule has 2 heterocycles. The summed E-state index contributed by atoms with van der Waals surface area (Å²) >= 11 is 0. The van der Waals surface area contributed by atoms with E-state index in [0.717, 1.165) is 42.9 Å². The van der Waals surface area contributed by atoms with Gasteiger partial charge in [-0.3, -0.25) is 9.78 Å². The SMILES string of the molecule is COc1ccc2nccc([C@@H](F)CC[C@@H]3CCN(CC4CCC4)C[C@@H]3CC(=O)O)c2c1. The maximum atomic E-state index is 15.4. The van der Waals surface area contributed by atoms with Gasteiger partial charge in [-0.15, -0.1) is 0 Å². The Morgan fingerprint density at radius 2 is 2.13 bits per heavy atom. The molecule has 0 spiro atoms. The molecule has 2 aromatic rings. The number of hydrogen-bond acceptors (Lipinski definition) is 4. The third-order valence-electron chi connectivity index (χ3n) is 7.26. The van der Waals surface area contributed by atoms with Crippen molar-refractivity contribution in [3.8, 4) is 5.75 Å². The maximum absolute atomic E-state index is 15.4. The quantitative estimate of drug-likeness (QED) is 0.591. The fourth-order valence-electron chi connectivity index (χ4n) is 5.26. The largest absolute Gasteiger partial charge is 0.497 e. The molecule has 0 amide bonds. The van der Waals surface area contributed by atoms with E-state index in [1.165, 1.54) is 19.3 Å². The van der Waals surface area contributed by atoms with Crippen molar-refractivity contribution in [1.82, 2.24) is 9.88 Å². The zero-order chi connectivity index (χ0) is 21.8. The van der Waals surface area contributed by atoms with Crippen molar-refractivity contribution in [1.29, 1.82) is 0 Å². The molecule has 0 unspecified atom stereocenters. The first-order valence-corrected chi connectivity index (χ1v) is 11.5. The van der Waals surface area contributed by atoms with E-state index < -0.39 is 12.1 Å². The average Bonchev–Trinajstić information content (AvgIpc) is 2.74. The summed E-state index contributed by atoms with van der Waals surface area (Å²) in [6, 6.07) is 7.28. The summed E-state index contributed by atoms with van der Waals surface area (Å²) in [7, 11) is 1.60. The maximum Gasteiger partial charge on any atom is 0.303 e. The van der Waals surface area contributed by atoms with Crippen molar-refractivity contribution < 1.29 is 19.0 Å². The summed E-state index contributed by atoms with van der Waals surface area (Å²) in [6.07, 6.45) is 6.74. The second kappa shape index (κ2) is 9.94. The highest BCUT2D eigenvalue weighted by Crippen LogP contribution is 2.37. The number of nitrogens with zero attached hydrogens (tertiary/aromatic N) is 2. The van der Waals surface area contributed by atoms with Crippen LogP contribution in [0, 0.1) is 17.8 Å². The number of pyridine rings is 1. The summed E-state index contributed by atoms with van der Waals surface area (Å²) in [5.41, 5.74) is 1.40. The number of carboxylic acid groups (broad SMARTS) is 1. The van der Waals surface area contributed by atoms with Crippen LogP contribution in [0.2, 0.25) is 0 Å². The fourth-order valence-corrected chi connectivity index (χ4v) is 5.26. The van der Waals surface area contributed by atoms with Crippen LogP contribution in [0.4, 0.5) is 4.39 Å². The van der Waals surface area contributed by atoms with Gasteiger partial charge >= 0.3 is 5.97 Å². The first kappa shape index (κ1) is 22.0. The molecule has 2 fully saturated rings. The van der Waals surface area contributed by atoms with Crippen LogP contribution >= 0.6 is 0 Å². The Hall–Kier alpha value is -2.21. The zero-order valence-electron chi connectivity index (χ0n) is 18.3. The molecular formula is C25H33FN2O3. The molecular weight excluding hydrogens is 395 g/mol. The smallest absolute Gasteiger partial charge is 0.303 e. The normalized spacial score (nSPS) is 23.4. The van der Waals surface area contributed by atoms with E-state index >= 15 is 4.39 Å². The highest BCUT2D eigenvalue weighted by molar-refractivity contribution is 5.83. The van der Waals surface area contributed by atoms with Crippen molar-refractivity contribution in [2.45, 2.75) is 51.1 Å². The lowest BCUT2D eigenvalue weighted by Crippen LogP contribution is -2.44. The molecule has 1 aromatic heterocycles.